The molecule has 1 saturated heterocycles. The van der Waals surface area contributed by atoms with Gasteiger partial charge in [-0.3, -0.25) is 4.79 Å². The van der Waals surface area contributed by atoms with Gasteiger partial charge in [-0.25, -0.2) is 9.59 Å². The summed E-state index contributed by atoms with van der Waals surface area (Å²) in [5.74, 6) is -2.36. The highest BCUT2D eigenvalue weighted by Crippen LogP contribution is 2.10. The molecule has 8 heteroatoms. The van der Waals surface area contributed by atoms with Crippen molar-refractivity contribution in [2.45, 2.75) is 37.8 Å². The first-order chi connectivity index (χ1) is 8.99. The van der Waals surface area contributed by atoms with Crippen LogP contribution in [0.25, 0.3) is 0 Å². The molecule has 19 heavy (non-hydrogen) atoms. The van der Waals surface area contributed by atoms with E-state index in [4.69, 9.17) is 14.9 Å². The summed E-state index contributed by atoms with van der Waals surface area (Å²) in [6, 6.07) is -1.84. The maximum absolute atomic E-state index is 11.5. The van der Waals surface area contributed by atoms with E-state index in [2.05, 4.69) is 10.6 Å². The zero-order valence-electron chi connectivity index (χ0n) is 10.4. The third-order valence-electron chi connectivity index (χ3n) is 2.76. The lowest BCUT2D eigenvalue weighted by atomic mass is 10.1. The second-order valence-corrected chi connectivity index (χ2v) is 4.31. The largest absolute Gasteiger partial charge is 0.481 e. The molecule has 0 radical (unpaired) electrons. The average molecular weight is 274 g/mol. The maximum Gasteiger partial charge on any atom is 0.326 e. The Morgan fingerprint density at radius 1 is 1.32 bits per heavy atom. The molecule has 0 aliphatic carbocycles. The number of carboxylic acid groups (broad SMARTS) is 2. The number of hydrogen-bond acceptors (Lipinski definition) is 4. The molecule has 0 saturated carbocycles. The molecule has 1 rings (SSSR count). The predicted octanol–water partition coefficient (Wildman–Crippen LogP) is -0.217. The zero-order chi connectivity index (χ0) is 14.3. The van der Waals surface area contributed by atoms with Gasteiger partial charge in [0.1, 0.15) is 6.04 Å². The topological polar surface area (TPSA) is 125 Å². The summed E-state index contributed by atoms with van der Waals surface area (Å²) in [5, 5.41) is 22.1. The molecule has 1 fully saturated rings. The van der Waals surface area contributed by atoms with Crippen molar-refractivity contribution in [3.63, 3.8) is 0 Å². The number of carboxylic acids is 2. The molecule has 2 amide bonds. The lowest BCUT2D eigenvalue weighted by Gasteiger charge is -2.16. The van der Waals surface area contributed by atoms with Crippen molar-refractivity contribution < 1.29 is 29.3 Å². The minimum absolute atomic E-state index is 0.0342. The van der Waals surface area contributed by atoms with Crippen LogP contribution < -0.4 is 10.6 Å². The predicted molar refractivity (Wildman–Crippen MR) is 63.8 cm³/mol. The molecule has 0 spiro atoms. The quantitative estimate of drug-likeness (QED) is 0.508. The Balaban J connectivity index is 2.29. The third-order valence-corrected chi connectivity index (χ3v) is 2.76. The van der Waals surface area contributed by atoms with E-state index >= 15 is 0 Å². The van der Waals surface area contributed by atoms with Gasteiger partial charge in [-0.05, 0) is 19.3 Å². The van der Waals surface area contributed by atoms with E-state index in [0.29, 0.717) is 13.2 Å². The number of carbonyl (C=O) groups is 3. The van der Waals surface area contributed by atoms with Gasteiger partial charge in [0.05, 0.1) is 6.10 Å². The lowest BCUT2D eigenvalue weighted by Crippen LogP contribution is -2.47. The molecule has 1 aliphatic heterocycles. The lowest BCUT2D eigenvalue weighted by molar-refractivity contribution is -0.140. The Morgan fingerprint density at radius 3 is 2.58 bits per heavy atom. The van der Waals surface area contributed by atoms with E-state index < -0.39 is 24.0 Å². The fourth-order valence-corrected chi connectivity index (χ4v) is 1.75. The van der Waals surface area contributed by atoms with Crippen LogP contribution in [0, 0.1) is 0 Å². The number of aliphatic carboxylic acids is 2. The van der Waals surface area contributed by atoms with Gasteiger partial charge in [-0.15, -0.1) is 0 Å². The van der Waals surface area contributed by atoms with Crippen LogP contribution in [0.1, 0.15) is 25.7 Å². The molecule has 0 aromatic heterocycles. The van der Waals surface area contributed by atoms with Crippen LogP contribution in [-0.4, -0.2) is 53.5 Å². The van der Waals surface area contributed by atoms with Crippen LogP contribution in [0.5, 0.6) is 0 Å². The molecule has 0 aromatic carbocycles. The van der Waals surface area contributed by atoms with E-state index in [0.717, 1.165) is 12.8 Å². The summed E-state index contributed by atoms with van der Waals surface area (Å²) >= 11 is 0. The fourth-order valence-electron chi connectivity index (χ4n) is 1.75. The normalized spacial score (nSPS) is 19.7. The number of amides is 2. The van der Waals surface area contributed by atoms with Gasteiger partial charge in [-0.2, -0.15) is 0 Å². The van der Waals surface area contributed by atoms with Crippen molar-refractivity contribution in [3.05, 3.63) is 0 Å². The highest BCUT2D eigenvalue weighted by Gasteiger charge is 2.22. The molecule has 1 unspecified atom stereocenters. The molecule has 1 aliphatic rings. The third kappa shape index (κ3) is 6.05. The first-order valence-corrected chi connectivity index (χ1v) is 6.09. The number of nitrogens with one attached hydrogen (secondary N) is 2. The second kappa shape index (κ2) is 7.57. The minimum atomic E-state index is -1.26. The van der Waals surface area contributed by atoms with Gasteiger partial charge < -0.3 is 25.6 Å². The van der Waals surface area contributed by atoms with Gasteiger partial charge in [-0.1, -0.05) is 0 Å². The highest BCUT2D eigenvalue weighted by atomic mass is 16.5. The molecule has 0 bridgehead atoms. The molecule has 2 atom stereocenters. The van der Waals surface area contributed by atoms with Gasteiger partial charge >= 0.3 is 18.0 Å². The standard InChI is InChI=1S/C11H18N2O6/c14-9(15)4-3-8(10(16)17)13-11(18)12-6-7-2-1-5-19-7/h7-8H,1-6H2,(H,14,15)(H,16,17)(H2,12,13,18)/t7?,8-/m0/s1. The van der Waals surface area contributed by atoms with E-state index in [9.17, 15) is 14.4 Å². The van der Waals surface area contributed by atoms with E-state index in [1.165, 1.54) is 0 Å². The number of hydrogen-bond donors (Lipinski definition) is 4. The maximum atomic E-state index is 11.5. The first-order valence-electron chi connectivity index (χ1n) is 6.09. The molecule has 108 valence electrons. The van der Waals surface area contributed by atoms with Crippen LogP contribution in [-0.2, 0) is 14.3 Å². The minimum Gasteiger partial charge on any atom is -0.481 e. The second-order valence-electron chi connectivity index (χ2n) is 4.31. The van der Waals surface area contributed by atoms with Crippen molar-refractivity contribution in [1.29, 1.82) is 0 Å². The number of ether oxygens (including phenoxy) is 1. The first kappa shape index (κ1) is 15.2. The van der Waals surface area contributed by atoms with Crippen molar-refractivity contribution in [1.82, 2.24) is 10.6 Å². The summed E-state index contributed by atoms with van der Waals surface area (Å²) in [4.78, 5) is 32.7. The Kier molecular flexibility index (Phi) is 6.07. The smallest absolute Gasteiger partial charge is 0.326 e. The summed E-state index contributed by atoms with van der Waals surface area (Å²) in [5.41, 5.74) is 0. The molecule has 1 heterocycles. The molecular weight excluding hydrogens is 256 g/mol. The van der Waals surface area contributed by atoms with Crippen molar-refractivity contribution in [3.8, 4) is 0 Å². The van der Waals surface area contributed by atoms with Gasteiger partial charge in [0.25, 0.3) is 0 Å². The van der Waals surface area contributed by atoms with Crippen molar-refractivity contribution >= 4 is 18.0 Å². The van der Waals surface area contributed by atoms with E-state index in [1.807, 2.05) is 0 Å². The van der Waals surface area contributed by atoms with Crippen molar-refractivity contribution in [2.24, 2.45) is 0 Å². The number of carbonyl (C=O) groups excluding carboxylic acids is 1. The molecule has 8 nitrogen and oxygen atoms in total. The Morgan fingerprint density at radius 2 is 2.05 bits per heavy atom. The van der Waals surface area contributed by atoms with Crippen LogP contribution >= 0.6 is 0 Å². The van der Waals surface area contributed by atoms with E-state index in [1.54, 1.807) is 0 Å². The van der Waals surface area contributed by atoms with Crippen LogP contribution in [0.3, 0.4) is 0 Å². The van der Waals surface area contributed by atoms with Crippen LogP contribution in [0.4, 0.5) is 4.79 Å². The van der Waals surface area contributed by atoms with Crippen LogP contribution in [0.2, 0.25) is 0 Å². The zero-order valence-corrected chi connectivity index (χ0v) is 10.4. The summed E-state index contributed by atoms with van der Waals surface area (Å²) in [6.07, 6.45) is 1.31. The Hall–Kier alpha value is -1.83. The van der Waals surface area contributed by atoms with E-state index in [-0.39, 0.29) is 18.9 Å². The molecular formula is C11H18N2O6. The highest BCUT2D eigenvalue weighted by molar-refractivity contribution is 5.83. The van der Waals surface area contributed by atoms with Crippen LogP contribution in [0.15, 0.2) is 0 Å². The summed E-state index contributed by atoms with van der Waals surface area (Å²) in [6.45, 7) is 0.988. The molecule has 0 aromatic rings. The molecule has 4 N–H and O–H groups in total. The fraction of sp³-hybridized carbons (Fsp3) is 0.727. The Bertz CT molecular complexity index is 340. The summed E-state index contributed by atoms with van der Waals surface area (Å²) in [7, 11) is 0. The van der Waals surface area contributed by atoms with Gasteiger partial charge in [0, 0.05) is 19.6 Å². The van der Waals surface area contributed by atoms with Gasteiger partial charge in [0.2, 0.25) is 0 Å². The summed E-state index contributed by atoms with van der Waals surface area (Å²) < 4.78 is 5.30. The average Bonchev–Trinajstić information content (AvgIpc) is 2.84. The Labute approximate surface area is 110 Å². The van der Waals surface area contributed by atoms with Gasteiger partial charge in [0.15, 0.2) is 0 Å². The number of rotatable bonds is 7. The van der Waals surface area contributed by atoms with Crippen molar-refractivity contribution in [2.75, 3.05) is 13.2 Å². The number of urea groups is 1. The monoisotopic (exact) mass is 274 g/mol. The SMILES string of the molecule is O=C(O)CC[C@H](NC(=O)NCC1CCCO1)C(=O)O.